The van der Waals surface area contributed by atoms with Gasteiger partial charge in [0.1, 0.15) is 12.3 Å². The van der Waals surface area contributed by atoms with Crippen LogP contribution in [0.1, 0.15) is 23.0 Å². The van der Waals surface area contributed by atoms with Crippen molar-refractivity contribution in [2.45, 2.75) is 26.4 Å². The van der Waals surface area contributed by atoms with Crippen LogP contribution >= 0.6 is 0 Å². The molecule has 0 unspecified atom stereocenters. The van der Waals surface area contributed by atoms with Crippen LogP contribution < -0.4 is 4.74 Å². The van der Waals surface area contributed by atoms with E-state index in [4.69, 9.17) is 4.74 Å². The fraction of sp³-hybridized carbons (Fsp3) is 0.524. The average Bonchev–Trinajstić information content (AvgIpc) is 3.27. The maximum absolute atomic E-state index is 12.9. The molecule has 2 aromatic rings. The van der Waals surface area contributed by atoms with E-state index in [9.17, 15) is 4.79 Å². The van der Waals surface area contributed by atoms with Gasteiger partial charge >= 0.3 is 0 Å². The Bertz CT molecular complexity index is 829. The normalized spacial score (nSPS) is 25.0. The van der Waals surface area contributed by atoms with E-state index in [1.807, 2.05) is 41.6 Å². The molecular formula is C21H28N4O2. The largest absolute Gasteiger partial charge is 0.497 e. The van der Waals surface area contributed by atoms with Crippen molar-refractivity contribution in [1.29, 1.82) is 0 Å². The van der Waals surface area contributed by atoms with Crippen LogP contribution in [0.3, 0.4) is 0 Å². The van der Waals surface area contributed by atoms with Crippen LogP contribution in [-0.4, -0.2) is 59.3 Å². The third-order valence-corrected chi connectivity index (χ3v) is 6.09. The molecule has 3 atom stereocenters. The third-order valence-electron chi connectivity index (χ3n) is 6.09. The number of carbonyl (C=O) groups is 1. The number of benzene rings is 1. The number of nitrogens with zero attached hydrogens (tertiary/aromatic N) is 4. The van der Waals surface area contributed by atoms with Crippen LogP contribution in [0.15, 0.2) is 30.3 Å². The van der Waals surface area contributed by atoms with Gasteiger partial charge in [0.05, 0.1) is 12.8 Å². The number of aromatic nitrogens is 2. The van der Waals surface area contributed by atoms with E-state index in [0.717, 1.165) is 36.8 Å². The Morgan fingerprint density at radius 3 is 2.56 bits per heavy atom. The van der Waals surface area contributed by atoms with Gasteiger partial charge in [0.15, 0.2) is 0 Å². The zero-order valence-electron chi connectivity index (χ0n) is 16.6. The quantitative estimate of drug-likeness (QED) is 0.831. The van der Waals surface area contributed by atoms with Crippen molar-refractivity contribution in [1.82, 2.24) is 19.6 Å². The Morgan fingerprint density at radius 1 is 1.19 bits per heavy atom. The summed E-state index contributed by atoms with van der Waals surface area (Å²) in [5.41, 5.74) is 3.30. The topological polar surface area (TPSA) is 50.6 Å². The second-order valence-electron chi connectivity index (χ2n) is 7.96. The number of hydrogen-bond donors (Lipinski definition) is 0. The smallest absolute Gasteiger partial charge is 0.244 e. The highest BCUT2D eigenvalue weighted by atomic mass is 16.5. The molecule has 0 saturated carbocycles. The first-order valence-electron chi connectivity index (χ1n) is 9.59. The lowest BCUT2D eigenvalue weighted by Gasteiger charge is -2.27. The van der Waals surface area contributed by atoms with Gasteiger partial charge in [-0.25, -0.2) is 0 Å². The molecule has 27 heavy (non-hydrogen) atoms. The van der Waals surface area contributed by atoms with Crippen molar-refractivity contribution < 1.29 is 9.53 Å². The monoisotopic (exact) mass is 368 g/mol. The zero-order valence-corrected chi connectivity index (χ0v) is 16.6. The van der Waals surface area contributed by atoms with E-state index < -0.39 is 0 Å². The number of aryl methyl sites for hydroxylation is 2. The van der Waals surface area contributed by atoms with E-state index >= 15 is 0 Å². The highest BCUT2D eigenvalue weighted by molar-refractivity contribution is 5.76. The fourth-order valence-corrected chi connectivity index (χ4v) is 4.83. The molecule has 1 aromatic carbocycles. The molecule has 4 rings (SSSR count). The molecule has 2 aliphatic rings. The van der Waals surface area contributed by atoms with Crippen molar-refractivity contribution >= 4 is 5.91 Å². The van der Waals surface area contributed by atoms with Crippen LogP contribution in [0.5, 0.6) is 5.75 Å². The van der Waals surface area contributed by atoms with Gasteiger partial charge < -0.3 is 9.64 Å². The molecule has 6 nitrogen and oxygen atoms in total. The third kappa shape index (κ3) is 3.34. The first kappa shape index (κ1) is 18.0. The summed E-state index contributed by atoms with van der Waals surface area (Å²) in [4.78, 5) is 17.3. The van der Waals surface area contributed by atoms with Gasteiger partial charge in [0, 0.05) is 37.3 Å². The highest BCUT2D eigenvalue weighted by Gasteiger charge is 2.47. The maximum Gasteiger partial charge on any atom is 0.244 e. The Morgan fingerprint density at radius 2 is 1.93 bits per heavy atom. The second kappa shape index (κ2) is 7.00. The Kier molecular flexibility index (Phi) is 4.68. The van der Waals surface area contributed by atoms with Gasteiger partial charge in [-0.15, -0.1) is 0 Å². The molecule has 1 amide bonds. The Balaban J connectivity index is 1.47. The molecule has 0 bridgehead atoms. The lowest BCUT2D eigenvalue weighted by atomic mass is 9.89. The van der Waals surface area contributed by atoms with E-state index in [2.05, 4.69) is 29.2 Å². The molecule has 144 valence electrons. The van der Waals surface area contributed by atoms with Crippen molar-refractivity contribution in [3.63, 3.8) is 0 Å². The number of methoxy groups -OCH3 is 1. The van der Waals surface area contributed by atoms with Crippen molar-refractivity contribution in [2.24, 2.45) is 11.8 Å². The van der Waals surface area contributed by atoms with Crippen molar-refractivity contribution in [2.75, 3.05) is 33.8 Å². The molecule has 1 aromatic heterocycles. The molecule has 6 heteroatoms. The SMILES string of the molecule is COc1ccc([C@H]2[C@@H]3CN(C(=O)Cn4nc(C)cc4C)C[C@@H]3CN2C)cc1. The van der Waals surface area contributed by atoms with E-state index in [1.54, 1.807) is 7.11 Å². The summed E-state index contributed by atoms with van der Waals surface area (Å²) in [6, 6.07) is 10.7. The lowest BCUT2D eigenvalue weighted by molar-refractivity contribution is -0.131. The zero-order chi connectivity index (χ0) is 19.1. The average molecular weight is 368 g/mol. The van der Waals surface area contributed by atoms with Gasteiger partial charge in [-0.3, -0.25) is 14.4 Å². The number of rotatable bonds is 4. The summed E-state index contributed by atoms with van der Waals surface area (Å²) in [6.45, 7) is 7.00. The Labute approximate surface area is 160 Å². The number of carbonyl (C=O) groups excluding carboxylic acids is 1. The van der Waals surface area contributed by atoms with Gasteiger partial charge in [0.2, 0.25) is 5.91 Å². The van der Waals surface area contributed by atoms with E-state index in [1.165, 1.54) is 5.56 Å². The minimum Gasteiger partial charge on any atom is -0.497 e. The van der Waals surface area contributed by atoms with Crippen molar-refractivity contribution in [3.8, 4) is 5.75 Å². The molecular weight excluding hydrogens is 340 g/mol. The molecule has 2 aliphatic heterocycles. The number of amides is 1. The number of fused-ring (bicyclic) bond motifs is 1. The highest BCUT2D eigenvalue weighted by Crippen LogP contribution is 2.44. The predicted molar refractivity (Wildman–Crippen MR) is 104 cm³/mol. The van der Waals surface area contributed by atoms with Crippen LogP contribution in [0.25, 0.3) is 0 Å². The standard InChI is InChI=1S/C21H28N4O2/c1-14-9-15(2)25(22-14)13-20(26)24-11-17-10-23(3)21(19(17)12-24)16-5-7-18(27-4)8-6-16/h5-9,17,19,21H,10-13H2,1-4H3/t17-,19+,21-/m0/s1. The summed E-state index contributed by atoms with van der Waals surface area (Å²) in [7, 11) is 3.88. The molecule has 3 heterocycles. The van der Waals surface area contributed by atoms with Crippen LogP contribution in [0.2, 0.25) is 0 Å². The molecule has 0 aliphatic carbocycles. The minimum absolute atomic E-state index is 0.173. The van der Waals surface area contributed by atoms with Gasteiger partial charge in [-0.05, 0) is 50.6 Å². The summed E-state index contributed by atoms with van der Waals surface area (Å²) >= 11 is 0. The van der Waals surface area contributed by atoms with Crippen LogP contribution in [0.4, 0.5) is 0 Å². The van der Waals surface area contributed by atoms with Gasteiger partial charge in [0.25, 0.3) is 0 Å². The fourth-order valence-electron chi connectivity index (χ4n) is 4.83. The second-order valence-corrected chi connectivity index (χ2v) is 7.96. The predicted octanol–water partition coefficient (Wildman–Crippen LogP) is 2.27. The number of ether oxygens (including phenoxy) is 1. The summed E-state index contributed by atoms with van der Waals surface area (Å²) in [5, 5.41) is 4.43. The summed E-state index contributed by atoms with van der Waals surface area (Å²) in [6.07, 6.45) is 0. The molecule has 0 N–H and O–H groups in total. The van der Waals surface area contributed by atoms with Gasteiger partial charge in [-0.1, -0.05) is 12.1 Å². The minimum atomic E-state index is 0.173. The Hall–Kier alpha value is -2.34. The first-order chi connectivity index (χ1) is 13.0. The van der Waals surface area contributed by atoms with E-state index in [-0.39, 0.29) is 5.91 Å². The summed E-state index contributed by atoms with van der Waals surface area (Å²) < 4.78 is 7.11. The van der Waals surface area contributed by atoms with Crippen LogP contribution in [0, 0.1) is 25.7 Å². The van der Waals surface area contributed by atoms with Gasteiger partial charge in [-0.2, -0.15) is 5.10 Å². The summed E-state index contributed by atoms with van der Waals surface area (Å²) in [5.74, 6) is 2.06. The maximum atomic E-state index is 12.9. The molecule has 2 saturated heterocycles. The number of hydrogen-bond acceptors (Lipinski definition) is 4. The van der Waals surface area contributed by atoms with Crippen LogP contribution in [-0.2, 0) is 11.3 Å². The lowest BCUT2D eigenvalue weighted by Crippen LogP contribution is -2.35. The first-order valence-corrected chi connectivity index (χ1v) is 9.59. The molecule has 2 fully saturated rings. The van der Waals surface area contributed by atoms with Crippen molar-refractivity contribution in [3.05, 3.63) is 47.3 Å². The number of likely N-dealkylation sites (tertiary alicyclic amines) is 2. The van der Waals surface area contributed by atoms with E-state index in [0.29, 0.717) is 24.4 Å². The molecule has 0 spiro atoms. The molecule has 0 radical (unpaired) electrons.